The van der Waals surface area contributed by atoms with Gasteiger partial charge < -0.3 is 10.4 Å². The average molecular weight is 291 g/mol. The van der Waals surface area contributed by atoms with Crippen LogP contribution in [-0.2, 0) is 19.4 Å². The molecule has 0 radical (unpaired) electrons. The monoisotopic (exact) mass is 291 g/mol. The molecule has 1 fully saturated rings. The molecule has 0 spiro atoms. The molecule has 0 aromatic heterocycles. The Bertz CT molecular complexity index is 473. The Hall–Kier alpha value is -1.11. The van der Waals surface area contributed by atoms with E-state index >= 15 is 0 Å². The number of nitrogens with one attached hydrogen (secondary N) is 1. The summed E-state index contributed by atoms with van der Waals surface area (Å²) in [5, 5.41) is 10.6. The first-order valence-corrected chi connectivity index (χ1v) is 8.28. The second-order valence-corrected chi connectivity index (χ2v) is 7.92. The smallest absolute Gasteiger partial charge is 0.329 e. The molecule has 6 nitrogen and oxygen atoms in total. The highest BCUT2D eigenvalue weighted by Gasteiger charge is 2.44. The Labute approximate surface area is 113 Å². The van der Waals surface area contributed by atoms with Crippen molar-refractivity contribution in [2.24, 2.45) is 5.92 Å². The van der Waals surface area contributed by atoms with Crippen LogP contribution in [0, 0.1) is 5.92 Å². The van der Waals surface area contributed by atoms with E-state index in [2.05, 4.69) is 5.32 Å². The van der Waals surface area contributed by atoms with Crippen molar-refractivity contribution >= 4 is 21.7 Å². The minimum absolute atomic E-state index is 0.193. The van der Waals surface area contributed by atoms with Gasteiger partial charge >= 0.3 is 5.97 Å². The van der Waals surface area contributed by atoms with Crippen LogP contribution in [0.1, 0.15) is 39.5 Å². The van der Waals surface area contributed by atoms with Crippen molar-refractivity contribution in [1.82, 2.24) is 5.32 Å². The van der Waals surface area contributed by atoms with Gasteiger partial charge in [-0.2, -0.15) is 0 Å². The summed E-state index contributed by atoms with van der Waals surface area (Å²) in [5.74, 6) is -1.63. The highest BCUT2D eigenvalue weighted by Crippen LogP contribution is 2.32. The maximum absolute atomic E-state index is 11.9. The molecule has 2 N–H and O–H groups in total. The van der Waals surface area contributed by atoms with Gasteiger partial charge in [-0.1, -0.05) is 19.8 Å². The summed E-state index contributed by atoms with van der Waals surface area (Å²) >= 11 is 0. The summed E-state index contributed by atoms with van der Waals surface area (Å²) in [7, 11) is -3.52. The molecule has 110 valence electrons. The lowest BCUT2D eigenvalue weighted by atomic mass is 9.76. The van der Waals surface area contributed by atoms with Gasteiger partial charge in [-0.15, -0.1) is 0 Å². The van der Waals surface area contributed by atoms with Crippen molar-refractivity contribution in [2.75, 3.05) is 6.26 Å². The predicted molar refractivity (Wildman–Crippen MR) is 70.4 cm³/mol. The number of rotatable bonds is 4. The number of hydrogen-bond donors (Lipinski definition) is 2. The summed E-state index contributed by atoms with van der Waals surface area (Å²) < 4.78 is 22.7. The van der Waals surface area contributed by atoms with Crippen molar-refractivity contribution < 1.29 is 23.1 Å². The van der Waals surface area contributed by atoms with Crippen molar-refractivity contribution in [3.63, 3.8) is 0 Å². The Balaban J connectivity index is 2.91. The fourth-order valence-electron chi connectivity index (χ4n) is 2.44. The fourth-order valence-corrected chi connectivity index (χ4v) is 2.89. The van der Waals surface area contributed by atoms with Crippen LogP contribution in [0.2, 0.25) is 0 Å². The van der Waals surface area contributed by atoms with Crippen molar-refractivity contribution in [1.29, 1.82) is 0 Å². The zero-order valence-corrected chi connectivity index (χ0v) is 12.3. The lowest BCUT2D eigenvalue weighted by Crippen LogP contribution is -2.59. The molecule has 0 aromatic carbocycles. The molecule has 0 bridgehead atoms. The van der Waals surface area contributed by atoms with Crippen LogP contribution in [0.5, 0.6) is 0 Å². The van der Waals surface area contributed by atoms with Crippen LogP contribution in [-0.4, -0.2) is 42.4 Å². The maximum atomic E-state index is 11.9. The number of carboxylic acids is 1. The molecule has 3 unspecified atom stereocenters. The van der Waals surface area contributed by atoms with Crippen LogP contribution in [0.25, 0.3) is 0 Å². The number of amides is 1. The molecule has 0 saturated heterocycles. The summed E-state index contributed by atoms with van der Waals surface area (Å²) in [6.45, 7) is 3.20. The van der Waals surface area contributed by atoms with Crippen molar-refractivity contribution in [3.05, 3.63) is 0 Å². The minimum Gasteiger partial charge on any atom is -0.480 e. The highest BCUT2D eigenvalue weighted by molar-refractivity contribution is 7.92. The molecule has 1 aliphatic rings. The lowest BCUT2D eigenvalue weighted by Gasteiger charge is -2.37. The zero-order chi connectivity index (χ0) is 14.8. The van der Waals surface area contributed by atoms with E-state index in [1.165, 1.54) is 6.92 Å². The van der Waals surface area contributed by atoms with E-state index in [1.54, 1.807) is 0 Å². The van der Waals surface area contributed by atoms with Gasteiger partial charge in [-0.25, -0.2) is 13.2 Å². The normalized spacial score (nSPS) is 29.5. The summed E-state index contributed by atoms with van der Waals surface area (Å²) in [6, 6.07) is 0. The number of sulfone groups is 1. The third-order valence-corrected chi connectivity index (χ3v) is 5.28. The Morgan fingerprint density at radius 1 is 1.42 bits per heavy atom. The first-order valence-electron chi connectivity index (χ1n) is 6.33. The van der Waals surface area contributed by atoms with E-state index in [9.17, 15) is 23.1 Å². The summed E-state index contributed by atoms with van der Waals surface area (Å²) in [5.41, 5.74) is -1.33. The summed E-state index contributed by atoms with van der Waals surface area (Å²) in [4.78, 5) is 23.4. The first kappa shape index (κ1) is 15.9. The van der Waals surface area contributed by atoms with Crippen molar-refractivity contribution in [3.8, 4) is 0 Å². The van der Waals surface area contributed by atoms with Gasteiger partial charge in [-0.05, 0) is 25.7 Å². The van der Waals surface area contributed by atoms with Gasteiger partial charge in [0.2, 0.25) is 5.91 Å². The third-order valence-electron chi connectivity index (χ3n) is 3.78. The Morgan fingerprint density at radius 2 is 2.00 bits per heavy atom. The predicted octanol–water partition coefficient (Wildman–Crippen LogP) is 0.569. The molecule has 0 heterocycles. The van der Waals surface area contributed by atoms with Gasteiger partial charge in [0.05, 0.1) is 0 Å². The molecule has 1 aliphatic carbocycles. The average Bonchev–Trinajstić information content (AvgIpc) is 2.26. The number of carbonyl (C=O) groups is 2. The molecule has 1 rings (SSSR count). The lowest BCUT2D eigenvalue weighted by molar-refractivity contribution is -0.150. The standard InChI is InChI=1S/C12H21NO5S/c1-8-5-4-6-12(7-8,11(15)16)13-10(14)9(2)19(3,17)18/h8-9H,4-7H2,1-3H3,(H,13,14)(H,15,16). The van der Waals surface area contributed by atoms with Crippen LogP contribution in [0.15, 0.2) is 0 Å². The number of carbonyl (C=O) groups excluding carboxylic acids is 1. The van der Waals surface area contributed by atoms with Gasteiger partial charge in [0, 0.05) is 6.26 Å². The molecular formula is C12H21NO5S. The SMILES string of the molecule is CC1CCCC(NC(=O)C(C)S(C)(=O)=O)(C(=O)O)C1. The largest absolute Gasteiger partial charge is 0.480 e. The maximum Gasteiger partial charge on any atom is 0.329 e. The molecule has 1 saturated carbocycles. The molecule has 1 amide bonds. The summed E-state index contributed by atoms with van der Waals surface area (Å²) in [6.07, 6.45) is 3.28. The molecule has 3 atom stereocenters. The Morgan fingerprint density at radius 3 is 2.42 bits per heavy atom. The van der Waals surface area contributed by atoms with E-state index in [-0.39, 0.29) is 5.92 Å². The van der Waals surface area contributed by atoms with Gasteiger partial charge in [0.1, 0.15) is 10.8 Å². The van der Waals surface area contributed by atoms with Gasteiger partial charge in [0.15, 0.2) is 9.84 Å². The molecule has 7 heteroatoms. The third kappa shape index (κ3) is 3.68. The first-order chi connectivity index (χ1) is 8.58. The quantitative estimate of drug-likeness (QED) is 0.788. The second-order valence-electron chi connectivity index (χ2n) is 5.55. The number of carboxylic acid groups (broad SMARTS) is 1. The van der Waals surface area contributed by atoms with E-state index in [0.717, 1.165) is 12.7 Å². The molecule has 0 aromatic rings. The van der Waals surface area contributed by atoms with Crippen LogP contribution in [0.4, 0.5) is 0 Å². The number of hydrogen-bond acceptors (Lipinski definition) is 4. The van der Waals surface area contributed by atoms with Crippen LogP contribution in [0.3, 0.4) is 0 Å². The van der Waals surface area contributed by atoms with Gasteiger partial charge in [-0.3, -0.25) is 4.79 Å². The van der Waals surface area contributed by atoms with Gasteiger partial charge in [0.25, 0.3) is 0 Å². The Kier molecular flexibility index (Phi) is 4.60. The minimum atomic E-state index is -3.52. The number of aliphatic carboxylic acids is 1. The van der Waals surface area contributed by atoms with E-state index in [4.69, 9.17) is 0 Å². The molecule has 19 heavy (non-hydrogen) atoms. The van der Waals surface area contributed by atoms with E-state index < -0.39 is 32.5 Å². The zero-order valence-electron chi connectivity index (χ0n) is 11.5. The van der Waals surface area contributed by atoms with Crippen LogP contribution >= 0.6 is 0 Å². The molecular weight excluding hydrogens is 270 g/mol. The fraction of sp³-hybridized carbons (Fsp3) is 0.833. The second kappa shape index (κ2) is 5.48. The van der Waals surface area contributed by atoms with Crippen molar-refractivity contribution in [2.45, 2.75) is 50.3 Å². The van der Waals surface area contributed by atoms with E-state index in [1.807, 2.05) is 6.92 Å². The highest BCUT2D eigenvalue weighted by atomic mass is 32.2. The molecule has 0 aliphatic heterocycles. The topological polar surface area (TPSA) is 101 Å². The van der Waals surface area contributed by atoms with E-state index in [0.29, 0.717) is 19.3 Å². The van der Waals surface area contributed by atoms with Crippen LogP contribution < -0.4 is 5.32 Å².